The van der Waals surface area contributed by atoms with E-state index in [1.54, 1.807) is 0 Å². The molecule has 1 aliphatic rings. The number of thiazole rings is 1. The first-order chi connectivity index (χ1) is 18.6. The van der Waals surface area contributed by atoms with Crippen molar-refractivity contribution in [3.05, 3.63) is 35.0 Å². The number of benzene rings is 1. The number of amides is 2. The van der Waals surface area contributed by atoms with Crippen molar-refractivity contribution < 1.29 is 39.6 Å². The normalized spacial score (nSPS) is 14.8. The quantitative estimate of drug-likeness (QED) is 0.257. The molecule has 1 fully saturated rings. The van der Waals surface area contributed by atoms with Crippen LogP contribution in [0.3, 0.4) is 0 Å². The number of anilines is 2. The Kier molecular flexibility index (Phi) is 8.24. The molecule has 3 aromatic rings. The smallest absolute Gasteiger partial charge is 0.307 e. The minimum atomic E-state index is -4.72. The van der Waals surface area contributed by atoms with Crippen LogP contribution in [0, 0.1) is 5.92 Å². The topological polar surface area (TPSA) is 206 Å². The predicted molar refractivity (Wildman–Crippen MR) is 134 cm³/mol. The van der Waals surface area contributed by atoms with Crippen LogP contribution in [0.25, 0.3) is 0 Å². The number of sulfonamides is 1. The van der Waals surface area contributed by atoms with Crippen LogP contribution in [-0.4, -0.2) is 60.5 Å². The molecule has 40 heavy (non-hydrogen) atoms. The predicted octanol–water partition coefficient (Wildman–Crippen LogP) is 2.57. The zero-order valence-electron chi connectivity index (χ0n) is 20.4. The number of ketones is 1. The lowest BCUT2D eigenvalue weighted by molar-refractivity contribution is -0.137. The Labute approximate surface area is 229 Å². The first-order valence-electron chi connectivity index (χ1n) is 11.4. The van der Waals surface area contributed by atoms with Crippen LogP contribution in [0.4, 0.5) is 28.8 Å². The van der Waals surface area contributed by atoms with E-state index >= 15 is 0 Å². The summed E-state index contributed by atoms with van der Waals surface area (Å²) in [7, 11) is -8.20. The minimum Gasteiger partial charge on any atom is -0.307 e. The number of nitrogens with zero attached hydrogens (tertiary/aromatic N) is 4. The third-order valence-corrected chi connectivity index (χ3v) is 9.54. The fourth-order valence-electron chi connectivity index (χ4n) is 3.95. The molecular weight excluding hydrogens is 601 g/mol. The van der Waals surface area contributed by atoms with Crippen molar-refractivity contribution in [1.82, 2.24) is 30.3 Å². The first kappa shape index (κ1) is 29.5. The van der Waals surface area contributed by atoms with E-state index in [0.717, 1.165) is 31.2 Å². The van der Waals surface area contributed by atoms with Crippen LogP contribution in [0.1, 0.15) is 47.3 Å². The summed E-state index contributed by atoms with van der Waals surface area (Å²) in [6, 6.07) is 1.32. The molecule has 0 unspecified atom stereocenters. The summed E-state index contributed by atoms with van der Waals surface area (Å²) in [6.45, 7) is -0.565. The third-order valence-electron chi connectivity index (χ3n) is 5.78. The van der Waals surface area contributed by atoms with Crippen molar-refractivity contribution in [2.75, 3.05) is 16.9 Å². The van der Waals surface area contributed by atoms with E-state index in [0.29, 0.717) is 30.2 Å². The van der Waals surface area contributed by atoms with Crippen molar-refractivity contribution in [1.29, 1.82) is 0 Å². The zero-order valence-corrected chi connectivity index (χ0v) is 22.9. The van der Waals surface area contributed by atoms with E-state index in [9.17, 15) is 39.6 Å². The van der Waals surface area contributed by atoms with Crippen LogP contribution in [-0.2, 0) is 32.6 Å². The van der Waals surface area contributed by atoms with Gasteiger partial charge in [0.2, 0.25) is 10.0 Å². The van der Waals surface area contributed by atoms with Gasteiger partial charge in [0.1, 0.15) is 0 Å². The number of nitrogens with one attached hydrogen (secondary N) is 4. The highest BCUT2D eigenvalue weighted by atomic mass is 32.2. The average molecular weight is 623 g/mol. The molecule has 14 nitrogen and oxygen atoms in total. The summed E-state index contributed by atoms with van der Waals surface area (Å²) in [5.74, 6) is -1.01. The molecule has 1 aliphatic carbocycles. The lowest BCUT2D eigenvalue weighted by Gasteiger charge is -2.16. The number of aromatic amines is 1. The second kappa shape index (κ2) is 11.2. The summed E-state index contributed by atoms with van der Waals surface area (Å²) in [4.78, 5) is 29.8. The first-order valence-corrected chi connectivity index (χ1v) is 15.6. The molecule has 2 heterocycles. The molecule has 0 spiro atoms. The number of carbonyl (C=O) groups is 2. The highest BCUT2D eigenvalue weighted by Crippen LogP contribution is 2.36. The van der Waals surface area contributed by atoms with Gasteiger partial charge in [0.05, 0.1) is 29.7 Å². The average Bonchev–Trinajstić information content (AvgIpc) is 3.64. The van der Waals surface area contributed by atoms with E-state index in [1.165, 1.54) is 0 Å². The number of tetrazole rings is 1. The van der Waals surface area contributed by atoms with Gasteiger partial charge < -0.3 is 5.32 Å². The van der Waals surface area contributed by atoms with Gasteiger partial charge >= 0.3 is 12.2 Å². The largest absolute Gasteiger partial charge is 0.416 e. The molecule has 4 rings (SSSR count). The van der Waals surface area contributed by atoms with Crippen molar-refractivity contribution in [2.24, 2.45) is 5.92 Å². The Hall–Kier alpha value is -3.49. The van der Waals surface area contributed by atoms with Gasteiger partial charge in [0.15, 0.2) is 15.1 Å². The van der Waals surface area contributed by atoms with E-state index in [-0.39, 0.29) is 22.1 Å². The third kappa shape index (κ3) is 6.80. The summed E-state index contributed by atoms with van der Waals surface area (Å²) >= 11 is 0.448. The molecule has 0 atom stereocenters. The maximum atomic E-state index is 13.3. The highest BCUT2D eigenvalue weighted by molar-refractivity contribution is 7.93. The zero-order chi connectivity index (χ0) is 29.3. The molecule has 0 bridgehead atoms. The van der Waals surface area contributed by atoms with E-state index in [2.05, 4.69) is 35.8 Å². The van der Waals surface area contributed by atoms with Gasteiger partial charge in [-0.2, -0.15) is 18.4 Å². The second-order valence-electron chi connectivity index (χ2n) is 8.73. The number of hydrogen-bond acceptors (Lipinski definition) is 11. The van der Waals surface area contributed by atoms with E-state index < -0.39 is 65.2 Å². The second-order valence-corrected chi connectivity index (χ2v) is 13.6. The summed E-state index contributed by atoms with van der Waals surface area (Å²) in [5.41, 5.74) is -1.84. The maximum Gasteiger partial charge on any atom is 0.416 e. The summed E-state index contributed by atoms with van der Waals surface area (Å²) in [6.07, 6.45) is -1.33. The molecule has 0 radical (unpaired) electrons. The molecule has 0 aliphatic heterocycles. The van der Waals surface area contributed by atoms with Gasteiger partial charge in [-0.3, -0.25) is 10.1 Å². The summed E-state index contributed by atoms with van der Waals surface area (Å²) in [5, 5.41) is 15.5. The fraction of sp³-hybridized carbons (Fsp3) is 0.400. The maximum absolute atomic E-state index is 13.3. The van der Waals surface area contributed by atoms with E-state index in [4.69, 9.17) is 0 Å². The Morgan fingerprint density at radius 2 is 1.82 bits per heavy atom. The number of sulfone groups is 1. The number of Topliss-reactive ketones (excluding diaryl/α,β-unsaturated/α-hetero) is 1. The number of carbonyl (C=O) groups excluding carboxylic acids is 2. The van der Waals surface area contributed by atoms with Gasteiger partial charge in [-0.1, -0.05) is 29.3 Å². The number of urea groups is 1. The van der Waals surface area contributed by atoms with Gasteiger partial charge in [0.25, 0.3) is 15.0 Å². The SMILES string of the molecule is CS(=O)(=O)NCc1nc(NC(=O)Nc2ccc(C(F)(F)F)cc2C(=O)C2CCCC2)sc1S(=O)(=O)c1nn[nH]n1. The van der Waals surface area contributed by atoms with Crippen LogP contribution < -0.4 is 15.4 Å². The molecule has 1 aromatic carbocycles. The number of H-pyrrole nitrogens is 1. The number of halogens is 3. The van der Waals surface area contributed by atoms with Crippen LogP contribution >= 0.6 is 11.3 Å². The lowest BCUT2D eigenvalue weighted by Crippen LogP contribution is -2.23. The van der Waals surface area contributed by atoms with Crippen LogP contribution in [0.2, 0.25) is 0 Å². The molecule has 2 amide bonds. The van der Waals surface area contributed by atoms with Crippen molar-refractivity contribution in [2.45, 2.75) is 47.8 Å². The molecule has 1 saturated carbocycles. The summed E-state index contributed by atoms with van der Waals surface area (Å²) < 4.78 is 90.6. The monoisotopic (exact) mass is 622 g/mol. The number of rotatable bonds is 9. The number of alkyl halides is 3. The van der Waals surface area contributed by atoms with Crippen LogP contribution in [0.5, 0.6) is 0 Å². The molecule has 4 N–H and O–H groups in total. The Balaban J connectivity index is 1.62. The van der Waals surface area contributed by atoms with Gasteiger partial charge in [-0.05, 0) is 36.3 Å². The standard InChI is InChI=1S/C20H21F3N8O6S3/c1-39(34,35)24-9-14-16(40(36,37)19-28-30-31-29-19)38-18(26-14)27-17(33)25-13-7-6-11(20(21,22)23)8-12(13)15(32)10-4-2-3-5-10/h6-8,10,24H,2-5,9H2,1H3,(H2,25,26,27,33)(H,28,29,30,31). The van der Waals surface area contributed by atoms with E-state index in [1.807, 2.05) is 5.21 Å². The molecule has 20 heteroatoms. The Morgan fingerprint density at radius 1 is 1.12 bits per heavy atom. The number of hydrogen-bond donors (Lipinski definition) is 4. The molecule has 216 valence electrons. The van der Waals surface area contributed by atoms with Crippen molar-refractivity contribution in [3.63, 3.8) is 0 Å². The van der Waals surface area contributed by atoms with Crippen molar-refractivity contribution in [3.8, 4) is 0 Å². The fourth-order valence-corrected chi connectivity index (χ4v) is 6.87. The highest BCUT2D eigenvalue weighted by Gasteiger charge is 2.34. The minimum absolute atomic E-state index is 0.183. The molecule has 2 aromatic heterocycles. The Morgan fingerprint density at radius 3 is 2.42 bits per heavy atom. The Bertz CT molecular complexity index is 1630. The van der Waals surface area contributed by atoms with Crippen molar-refractivity contribution >= 4 is 53.8 Å². The van der Waals surface area contributed by atoms with Gasteiger partial charge in [0, 0.05) is 11.5 Å². The molecular formula is C20H21F3N8O6S3. The molecule has 0 saturated heterocycles. The van der Waals surface area contributed by atoms with Gasteiger partial charge in [-0.25, -0.2) is 31.3 Å². The van der Waals surface area contributed by atoms with Crippen LogP contribution in [0.15, 0.2) is 27.6 Å². The van der Waals surface area contributed by atoms with Gasteiger partial charge in [-0.15, -0.1) is 5.10 Å². The lowest BCUT2D eigenvalue weighted by atomic mass is 9.93. The number of aromatic nitrogens is 5.